The molecular formula is C32H38N8O3. The minimum absolute atomic E-state index is 0.0753. The molecule has 1 aliphatic heterocycles. The molecule has 1 aliphatic rings. The molecule has 0 atom stereocenters. The second-order valence-electron chi connectivity index (χ2n) is 10.7. The van der Waals surface area contributed by atoms with Gasteiger partial charge in [-0.2, -0.15) is 0 Å². The maximum absolute atomic E-state index is 13.5. The number of carbonyl (C=O) groups is 3. The average molecular weight is 583 g/mol. The van der Waals surface area contributed by atoms with Crippen LogP contribution in [0.5, 0.6) is 0 Å². The van der Waals surface area contributed by atoms with Gasteiger partial charge in [-0.1, -0.05) is 32.0 Å². The van der Waals surface area contributed by atoms with Gasteiger partial charge in [0.1, 0.15) is 17.2 Å². The van der Waals surface area contributed by atoms with Crippen LogP contribution in [0.2, 0.25) is 0 Å². The van der Waals surface area contributed by atoms with Gasteiger partial charge in [-0.05, 0) is 37.7 Å². The fraction of sp³-hybridized carbons (Fsp3) is 0.375. The van der Waals surface area contributed by atoms with Crippen molar-refractivity contribution in [3.63, 3.8) is 0 Å². The van der Waals surface area contributed by atoms with E-state index in [1.165, 1.54) is 4.90 Å². The number of ketones is 1. The smallest absolute Gasteiger partial charge is 0.295 e. The number of piperazine rings is 1. The molecule has 4 aromatic rings. The lowest BCUT2D eigenvalue weighted by molar-refractivity contribution is -0.127. The van der Waals surface area contributed by atoms with Gasteiger partial charge < -0.3 is 24.6 Å². The fourth-order valence-electron chi connectivity index (χ4n) is 5.40. The summed E-state index contributed by atoms with van der Waals surface area (Å²) in [6.45, 7) is 11.3. The van der Waals surface area contributed by atoms with Crippen molar-refractivity contribution in [3.05, 3.63) is 71.8 Å². The Morgan fingerprint density at radius 2 is 1.58 bits per heavy atom. The predicted molar refractivity (Wildman–Crippen MR) is 166 cm³/mol. The Morgan fingerprint density at radius 3 is 2.23 bits per heavy atom. The van der Waals surface area contributed by atoms with E-state index in [-0.39, 0.29) is 5.91 Å². The minimum Gasteiger partial charge on any atom is -0.359 e. The van der Waals surface area contributed by atoms with E-state index in [1.54, 1.807) is 41.8 Å². The average Bonchev–Trinajstić information content (AvgIpc) is 3.51. The van der Waals surface area contributed by atoms with Gasteiger partial charge >= 0.3 is 0 Å². The monoisotopic (exact) mass is 582 g/mol. The van der Waals surface area contributed by atoms with Gasteiger partial charge in [0.2, 0.25) is 0 Å². The normalized spacial score (nSPS) is 13.5. The maximum atomic E-state index is 13.5. The highest BCUT2D eigenvalue weighted by molar-refractivity contribution is 6.45. The van der Waals surface area contributed by atoms with Crippen molar-refractivity contribution in [2.75, 3.05) is 64.3 Å². The number of likely N-dealkylation sites (N-methyl/N-ethyl adjacent to an activating group) is 2. The summed E-state index contributed by atoms with van der Waals surface area (Å²) < 4.78 is 0. The zero-order chi connectivity index (χ0) is 30.5. The van der Waals surface area contributed by atoms with Crippen molar-refractivity contribution in [1.82, 2.24) is 34.6 Å². The number of nitrogens with zero attached hydrogens (tertiary/aromatic N) is 7. The quantitative estimate of drug-likeness (QED) is 0.224. The summed E-state index contributed by atoms with van der Waals surface area (Å²) in [4.78, 5) is 64.2. The second kappa shape index (κ2) is 13.1. The van der Waals surface area contributed by atoms with Gasteiger partial charge in [-0.15, -0.1) is 0 Å². The molecule has 3 aromatic heterocycles. The summed E-state index contributed by atoms with van der Waals surface area (Å²) in [5.41, 5.74) is 3.44. The molecule has 0 bridgehead atoms. The number of rotatable bonds is 10. The van der Waals surface area contributed by atoms with Crippen molar-refractivity contribution in [3.8, 4) is 11.4 Å². The summed E-state index contributed by atoms with van der Waals surface area (Å²) in [6, 6.07) is 9.07. The molecule has 2 amide bonds. The van der Waals surface area contributed by atoms with Gasteiger partial charge in [0.25, 0.3) is 17.6 Å². The summed E-state index contributed by atoms with van der Waals surface area (Å²) in [5, 5.41) is 0.642. The highest BCUT2D eigenvalue weighted by atomic mass is 16.2. The molecule has 5 rings (SSSR count). The molecule has 0 spiro atoms. The number of Topliss-reactive ketones (excluding diaryl/α,β-unsaturated/α-hetero) is 1. The van der Waals surface area contributed by atoms with Gasteiger partial charge in [0.15, 0.2) is 0 Å². The van der Waals surface area contributed by atoms with Crippen LogP contribution in [0.4, 0.5) is 5.82 Å². The van der Waals surface area contributed by atoms with E-state index in [4.69, 9.17) is 0 Å². The molecule has 11 heteroatoms. The standard InChI is InChI=1S/C32H38N8O3/c1-5-38(6-2)13-12-37(4)26-21-33-25(20-34-26)28-29-27(22(3)18-35-28)24(19-36-29)30(41)32(43)40-16-14-39(15-17-40)31(42)23-10-8-7-9-11-23/h7-11,18-21,36H,5-6,12-17H2,1-4H3. The van der Waals surface area contributed by atoms with Crippen molar-refractivity contribution in [1.29, 1.82) is 0 Å². The molecule has 0 unspecified atom stereocenters. The maximum Gasteiger partial charge on any atom is 0.295 e. The molecule has 0 radical (unpaired) electrons. The second-order valence-corrected chi connectivity index (χ2v) is 10.7. The van der Waals surface area contributed by atoms with E-state index in [9.17, 15) is 14.4 Å². The summed E-state index contributed by atoms with van der Waals surface area (Å²) in [7, 11) is 2.00. The molecule has 1 aromatic carbocycles. The lowest BCUT2D eigenvalue weighted by Gasteiger charge is -2.34. The van der Waals surface area contributed by atoms with Crippen LogP contribution >= 0.6 is 0 Å². The van der Waals surface area contributed by atoms with Crippen LogP contribution in [-0.4, -0.2) is 112 Å². The zero-order valence-corrected chi connectivity index (χ0v) is 25.2. The Bertz CT molecular complexity index is 1590. The number of H-pyrrole nitrogens is 1. The molecule has 11 nitrogen and oxygen atoms in total. The van der Waals surface area contributed by atoms with Crippen LogP contribution in [-0.2, 0) is 4.79 Å². The number of hydrogen-bond donors (Lipinski definition) is 1. The number of nitrogens with one attached hydrogen (secondary N) is 1. The molecule has 0 aliphatic carbocycles. The molecule has 0 saturated carbocycles. The first-order valence-electron chi connectivity index (χ1n) is 14.7. The van der Waals surface area contributed by atoms with Gasteiger partial charge in [0.05, 0.1) is 23.5 Å². The van der Waals surface area contributed by atoms with Crippen molar-refractivity contribution < 1.29 is 14.4 Å². The number of fused-ring (bicyclic) bond motifs is 1. The number of aromatic nitrogens is 4. The number of hydrogen-bond acceptors (Lipinski definition) is 8. The summed E-state index contributed by atoms with van der Waals surface area (Å²) in [6.07, 6.45) is 6.67. The molecule has 1 fully saturated rings. The Hall–Kier alpha value is -4.64. The first-order valence-corrected chi connectivity index (χ1v) is 14.7. The molecular weight excluding hydrogens is 544 g/mol. The first kappa shape index (κ1) is 29.8. The van der Waals surface area contributed by atoms with E-state index < -0.39 is 11.7 Å². The third kappa shape index (κ3) is 6.26. The van der Waals surface area contributed by atoms with Crippen LogP contribution in [0.1, 0.15) is 40.1 Å². The Labute approximate surface area is 251 Å². The summed E-state index contributed by atoms with van der Waals surface area (Å²) in [5.74, 6) is -0.487. The van der Waals surface area contributed by atoms with Gasteiger partial charge in [-0.25, -0.2) is 9.97 Å². The number of benzene rings is 1. The fourth-order valence-corrected chi connectivity index (χ4v) is 5.40. The largest absolute Gasteiger partial charge is 0.359 e. The molecule has 1 N–H and O–H groups in total. The van der Waals surface area contributed by atoms with Crippen LogP contribution < -0.4 is 4.90 Å². The van der Waals surface area contributed by atoms with E-state index >= 15 is 0 Å². The number of aromatic amines is 1. The van der Waals surface area contributed by atoms with Crippen LogP contribution in [0.25, 0.3) is 22.3 Å². The van der Waals surface area contributed by atoms with Crippen LogP contribution in [0.15, 0.2) is 55.1 Å². The predicted octanol–water partition coefficient (Wildman–Crippen LogP) is 3.27. The molecule has 1 saturated heterocycles. The zero-order valence-electron chi connectivity index (χ0n) is 25.2. The van der Waals surface area contributed by atoms with E-state index in [0.29, 0.717) is 59.6 Å². The van der Waals surface area contributed by atoms with Gasteiger partial charge in [-0.3, -0.25) is 19.4 Å². The molecule has 224 valence electrons. The Kier molecular flexibility index (Phi) is 9.10. The van der Waals surface area contributed by atoms with Crippen LogP contribution in [0, 0.1) is 6.92 Å². The van der Waals surface area contributed by atoms with Crippen molar-refractivity contribution in [2.24, 2.45) is 0 Å². The van der Waals surface area contributed by atoms with Crippen molar-refractivity contribution in [2.45, 2.75) is 20.8 Å². The van der Waals surface area contributed by atoms with E-state index in [1.807, 2.05) is 32.2 Å². The lowest BCUT2D eigenvalue weighted by atomic mass is 10.0. The molecule has 4 heterocycles. The Morgan fingerprint density at radius 1 is 0.884 bits per heavy atom. The highest BCUT2D eigenvalue weighted by Crippen LogP contribution is 2.30. The van der Waals surface area contributed by atoms with E-state index in [2.05, 4.69) is 43.6 Å². The number of anilines is 1. The number of aryl methyl sites for hydroxylation is 1. The summed E-state index contributed by atoms with van der Waals surface area (Å²) >= 11 is 0. The SMILES string of the molecule is CCN(CC)CCN(C)c1cnc(-c2ncc(C)c3c(C(=O)C(=O)N4CCN(C(=O)c5ccccc5)CC4)c[nH]c23)cn1. The van der Waals surface area contributed by atoms with Crippen LogP contribution in [0.3, 0.4) is 0 Å². The topological polar surface area (TPSA) is 119 Å². The number of carbonyl (C=O) groups excluding carboxylic acids is 3. The third-order valence-electron chi connectivity index (χ3n) is 8.13. The van der Waals surface area contributed by atoms with E-state index in [0.717, 1.165) is 37.6 Å². The van der Waals surface area contributed by atoms with Gasteiger partial charge in [0, 0.05) is 69.7 Å². The lowest BCUT2D eigenvalue weighted by Crippen LogP contribution is -2.52. The third-order valence-corrected chi connectivity index (χ3v) is 8.13. The molecule has 43 heavy (non-hydrogen) atoms. The highest BCUT2D eigenvalue weighted by Gasteiger charge is 2.31. The minimum atomic E-state index is -0.592. The number of pyridine rings is 1. The Balaban J connectivity index is 1.29. The first-order chi connectivity index (χ1) is 20.8. The number of amides is 2. The van der Waals surface area contributed by atoms with Crippen molar-refractivity contribution >= 4 is 34.3 Å².